The number of nitrogens with zero attached hydrogens (tertiary/aromatic N) is 2. The quantitative estimate of drug-likeness (QED) is 0.714. The monoisotopic (exact) mass is 204 g/mol. The summed E-state index contributed by atoms with van der Waals surface area (Å²) in [7, 11) is 0. The van der Waals surface area contributed by atoms with E-state index < -0.39 is 0 Å². The highest BCUT2D eigenvalue weighted by atomic mass is 35.5. The van der Waals surface area contributed by atoms with E-state index in [0.29, 0.717) is 5.15 Å². The second-order valence-electron chi connectivity index (χ2n) is 3.06. The Bertz CT molecular complexity index is 440. The Labute approximate surface area is 87.6 Å². The molecule has 0 atom stereocenters. The van der Waals surface area contributed by atoms with E-state index in [4.69, 9.17) is 11.6 Å². The fourth-order valence-electron chi connectivity index (χ4n) is 1.33. The van der Waals surface area contributed by atoms with Crippen LogP contribution in [-0.4, -0.2) is 10.2 Å². The van der Waals surface area contributed by atoms with E-state index in [9.17, 15) is 0 Å². The number of benzene rings is 1. The molecule has 1 aromatic carbocycles. The molecular formula is C11H9ClN2. The van der Waals surface area contributed by atoms with Gasteiger partial charge in [-0.05, 0) is 18.6 Å². The van der Waals surface area contributed by atoms with Crippen LogP contribution >= 0.6 is 11.6 Å². The molecule has 1 aromatic heterocycles. The van der Waals surface area contributed by atoms with Crippen molar-refractivity contribution in [2.45, 2.75) is 6.92 Å². The lowest BCUT2D eigenvalue weighted by molar-refractivity contribution is 1.02. The van der Waals surface area contributed by atoms with Crippen LogP contribution in [0.15, 0.2) is 36.4 Å². The molecule has 0 N–H and O–H groups in total. The number of aryl methyl sites for hydroxylation is 1. The number of hydrogen-bond acceptors (Lipinski definition) is 2. The van der Waals surface area contributed by atoms with Gasteiger partial charge in [0.15, 0.2) is 5.15 Å². The first kappa shape index (κ1) is 9.16. The first-order chi connectivity index (χ1) is 6.77. The third-order valence-corrected chi connectivity index (χ3v) is 2.19. The van der Waals surface area contributed by atoms with Crippen molar-refractivity contribution in [3.05, 3.63) is 47.1 Å². The molecule has 3 heteroatoms. The van der Waals surface area contributed by atoms with Crippen molar-refractivity contribution in [1.29, 1.82) is 0 Å². The number of hydrogen-bond donors (Lipinski definition) is 0. The highest BCUT2D eigenvalue weighted by molar-refractivity contribution is 6.29. The van der Waals surface area contributed by atoms with Gasteiger partial charge in [0, 0.05) is 5.56 Å². The van der Waals surface area contributed by atoms with Gasteiger partial charge in [0.25, 0.3) is 0 Å². The molecule has 0 bridgehead atoms. The van der Waals surface area contributed by atoms with E-state index in [-0.39, 0.29) is 0 Å². The summed E-state index contributed by atoms with van der Waals surface area (Å²) in [6.07, 6.45) is 0. The van der Waals surface area contributed by atoms with E-state index in [1.165, 1.54) is 0 Å². The summed E-state index contributed by atoms with van der Waals surface area (Å²) in [6, 6.07) is 11.8. The maximum atomic E-state index is 5.73. The van der Waals surface area contributed by atoms with Crippen LogP contribution in [0.3, 0.4) is 0 Å². The molecule has 0 fully saturated rings. The standard InChI is InChI=1S/C11H9ClN2/c1-8-7-10(12)13-14-11(8)9-5-3-2-4-6-9/h2-7H,1H3. The second kappa shape index (κ2) is 3.76. The zero-order valence-corrected chi connectivity index (χ0v) is 8.49. The van der Waals surface area contributed by atoms with Gasteiger partial charge < -0.3 is 0 Å². The Balaban J connectivity index is 2.53. The predicted molar refractivity (Wildman–Crippen MR) is 57.2 cm³/mol. The molecule has 2 nitrogen and oxygen atoms in total. The van der Waals surface area contributed by atoms with Crippen LogP contribution in [-0.2, 0) is 0 Å². The van der Waals surface area contributed by atoms with Gasteiger partial charge in [-0.2, -0.15) is 0 Å². The fourth-order valence-corrected chi connectivity index (χ4v) is 1.54. The van der Waals surface area contributed by atoms with Crippen molar-refractivity contribution in [2.24, 2.45) is 0 Å². The predicted octanol–water partition coefficient (Wildman–Crippen LogP) is 3.11. The molecule has 14 heavy (non-hydrogen) atoms. The Morgan fingerprint density at radius 1 is 1.07 bits per heavy atom. The van der Waals surface area contributed by atoms with Crippen molar-refractivity contribution in [3.8, 4) is 11.3 Å². The lowest BCUT2D eigenvalue weighted by Gasteiger charge is -2.03. The Morgan fingerprint density at radius 2 is 1.79 bits per heavy atom. The van der Waals surface area contributed by atoms with E-state index in [0.717, 1.165) is 16.8 Å². The molecule has 0 aliphatic rings. The number of halogens is 1. The van der Waals surface area contributed by atoms with Gasteiger partial charge in [0.05, 0.1) is 5.69 Å². The normalized spacial score (nSPS) is 10.1. The molecule has 2 aromatic rings. The molecule has 0 radical (unpaired) electrons. The van der Waals surface area contributed by atoms with Gasteiger partial charge >= 0.3 is 0 Å². The minimum Gasteiger partial charge on any atom is -0.149 e. The molecule has 1 heterocycles. The Kier molecular flexibility index (Phi) is 2.46. The van der Waals surface area contributed by atoms with Crippen molar-refractivity contribution in [3.63, 3.8) is 0 Å². The van der Waals surface area contributed by atoms with Crippen LogP contribution in [0.25, 0.3) is 11.3 Å². The summed E-state index contributed by atoms with van der Waals surface area (Å²) in [6.45, 7) is 1.98. The molecular weight excluding hydrogens is 196 g/mol. The van der Waals surface area contributed by atoms with Crippen molar-refractivity contribution < 1.29 is 0 Å². The van der Waals surface area contributed by atoms with Crippen molar-refractivity contribution >= 4 is 11.6 Å². The van der Waals surface area contributed by atoms with Crippen LogP contribution in [0.5, 0.6) is 0 Å². The average molecular weight is 205 g/mol. The van der Waals surface area contributed by atoms with Gasteiger partial charge in [-0.3, -0.25) is 0 Å². The molecule has 0 amide bonds. The lowest BCUT2D eigenvalue weighted by atomic mass is 10.1. The smallest absolute Gasteiger partial charge is 0.149 e. The molecule has 70 valence electrons. The third-order valence-electron chi connectivity index (χ3n) is 2.00. The number of rotatable bonds is 1. The molecule has 0 saturated heterocycles. The van der Waals surface area contributed by atoms with Crippen molar-refractivity contribution in [2.75, 3.05) is 0 Å². The summed E-state index contributed by atoms with van der Waals surface area (Å²) in [4.78, 5) is 0. The third kappa shape index (κ3) is 1.75. The van der Waals surface area contributed by atoms with Crippen molar-refractivity contribution in [1.82, 2.24) is 10.2 Å². The van der Waals surface area contributed by atoms with Crippen LogP contribution < -0.4 is 0 Å². The number of aromatic nitrogens is 2. The highest BCUT2D eigenvalue weighted by Gasteiger charge is 2.03. The van der Waals surface area contributed by atoms with Gasteiger partial charge in [0.1, 0.15) is 0 Å². The van der Waals surface area contributed by atoms with Crippen LogP contribution in [0.1, 0.15) is 5.56 Å². The maximum Gasteiger partial charge on any atom is 0.152 e. The Hall–Kier alpha value is -1.41. The van der Waals surface area contributed by atoms with E-state index in [1.807, 2.05) is 43.3 Å². The molecule has 2 rings (SSSR count). The zero-order chi connectivity index (χ0) is 9.97. The van der Waals surface area contributed by atoms with Gasteiger partial charge in [-0.1, -0.05) is 41.9 Å². The summed E-state index contributed by atoms with van der Waals surface area (Å²) >= 11 is 5.73. The zero-order valence-electron chi connectivity index (χ0n) is 7.74. The molecule has 0 unspecified atom stereocenters. The van der Waals surface area contributed by atoms with Crippen LogP contribution in [0, 0.1) is 6.92 Å². The summed E-state index contributed by atoms with van der Waals surface area (Å²) in [5, 5.41) is 8.33. The SMILES string of the molecule is Cc1cc(Cl)nnc1-c1ccccc1. The van der Waals surface area contributed by atoms with E-state index >= 15 is 0 Å². The fraction of sp³-hybridized carbons (Fsp3) is 0.0909. The molecule has 0 saturated carbocycles. The minimum atomic E-state index is 0.433. The van der Waals surface area contributed by atoms with E-state index in [1.54, 1.807) is 0 Å². The molecule has 0 spiro atoms. The average Bonchev–Trinajstić information content (AvgIpc) is 2.19. The van der Waals surface area contributed by atoms with Gasteiger partial charge in [-0.25, -0.2) is 0 Å². The van der Waals surface area contributed by atoms with Crippen LogP contribution in [0.4, 0.5) is 0 Å². The maximum absolute atomic E-state index is 5.73. The topological polar surface area (TPSA) is 25.8 Å². The van der Waals surface area contributed by atoms with Crippen LogP contribution in [0.2, 0.25) is 5.15 Å². The summed E-state index contributed by atoms with van der Waals surface area (Å²) in [5.41, 5.74) is 2.99. The first-order valence-corrected chi connectivity index (χ1v) is 4.70. The lowest BCUT2D eigenvalue weighted by Crippen LogP contribution is -1.91. The van der Waals surface area contributed by atoms with E-state index in [2.05, 4.69) is 10.2 Å². The molecule has 0 aliphatic heterocycles. The highest BCUT2D eigenvalue weighted by Crippen LogP contribution is 2.20. The van der Waals surface area contributed by atoms with Gasteiger partial charge in [0.2, 0.25) is 0 Å². The first-order valence-electron chi connectivity index (χ1n) is 4.32. The second-order valence-corrected chi connectivity index (χ2v) is 3.45. The largest absolute Gasteiger partial charge is 0.152 e. The minimum absolute atomic E-state index is 0.433. The molecule has 0 aliphatic carbocycles. The van der Waals surface area contributed by atoms with Gasteiger partial charge in [-0.15, -0.1) is 10.2 Å². The summed E-state index contributed by atoms with van der Waals surface area (Å²) in [5.74, 6) is 0. The Morgan fingerprint density at radius 3 is 2.43 bits per heavy atom. The summed E-state index contributed by atoms with van der Waals surface area (Å²) < 4.78 is 0.